The van der Waals surface area contributed by atoms with Gasteiger partial charge in [-0.1, -0.05) is 25.8 Å². The first kappa shape index (κ1) is 16.4. The van der Waals surface area contributed by atoms with Gasteiger partial charge in [0.25, 0.3) is 0 Å². The summed E-state index contributed by atoms with van der Waals surface area (Å²) in [6.07, 6.45) is 3.60. The van der Waals surface area contributed by atoms with Gasteiger partial charge in [-0.3, -0.25) is 0 Å². The molecule has 0 amide bonds. The Bertz CT molecular complexity index is 596. The number of nitrogens with one attached hydrogen (secondary N) is 2. The van der Waals surface area contributed by atoms with Crippen LogP contribution in [0.15, 0.2) is 23.1 Å². The van der Waals surface area contributed by atoms with Crippen molar-refractivity contribution >= 4 is 10.0 Å². The van der Waals surface area contributed by atoms with Gasteiger partial charge in [-0.15, -0.1) is 0 Å². The van der Waals surface area contributed by atoms with Gasteiger partial charge < -0.3 is 5.32 Å². The molecule has 1 fully saturated rings. The van der Waals surface area contributed by atoms with Crippen LogP contribution in [-0.2, 0) is 16.6 Å². The molecule has 0 unspecified atom stereocenters. The number of rotatable bonds is 6. The normalized spacial score (nSPS) is 18.0. The van der Waals surface area contributed by atoms with E-state index in [2.05, 4.69) is 10.0 Å². The van der Waals surface area contributed by atoms with E-state index in [1.807, 2.05) is 13.8 Å². The highest BCUT2D eigenvalue weighted by Crippen LogP contribution is 2.31. The molecule has 0 heterocycles. The Kier molecular flexibility index (Phi) is 5.01. The summed E-state index contributed by atoms with van der Waals surface area (Å²) >= 11 is 0. The van der Waals surface area contributed by atoms with E-state index in [-0.39, 0.29) is 4.90 Å². The van der Waals surface area contributed by atoms with Crippen LogP contribution in [-0.4, -0.2) is 20.5 Å². The van der Waals surface area contributed by atoms with E-state index in [0.29, 0.717) is 6.54 Å². The Labute approximate surface area is 126 Å². The quantitative estimate of drug-likeness (QED) is 0.848. The second-order valence-electron chi connectivity index (χ2n) is 5.92. The number of benzene rings is 1. The smallest absolute Gasteiger partial charge is 0.243 e. The first-order chi connectivity index (χ1) is 9.86. The average molecular weight is 314 g/mol. The van der Waals surface area contributed by atoms with Crippen LogP contribution >= 0.6 is 0 Å². The first-order valence-electron chi connectivity index (χ1n) is 7.39. The molecular weight excluding hydrogens is 291 g/mol. The molecule has 1 aliphatic carbocycles. The molecule has 0 aliphatic heterocycles. The minimum absolute atomic E-state index is 0.268. The summed E-state index contributed by atoms with van der Waals surface area (Å²) in [5.41, 5.74) is 0.286. The number of hydrogen-bond acceptors (Lipinski definition) is 3. The third-order valence-electron chi connectivity index (χ3n) is 3.95. The van der Waals surface area contributed by atoms with Crippen LogP contribution in [0.2, 0.25) is 0 Å². The molecule has 4 nitrogen and oxygen atoms in total. The minimum atomic E-state index is -3.82. The lowest BCUT2D eigenvalue weighted by molar-refractivity contribution is 0.425. The van der Waals surface area contributed by atoms with Crippen LogP contribution in [0.4, 0.5) is 4.39 Å². The molecule has 0 aromatic heterocycles. The van der Waals surface area contributed by atoms with Crippen molar-refractivity contribution in [2.45, 2.75) is 56.5 Å². The zero-order chi connectivity index (χ0) is 15.5. The van der Waals surface area contributed by atoms with Crippen molar-refractivity contribution in [2.75, 3.05) is 6.54 Å². The molecule has 2 N–H and O–H groups in total. The van der Waals surface area contributed by atoms with Crippen LogP contribution in [0, 0.1) is 5.82 Å². The molecule has 1 saturated carbocycles. The Hall–Kier alpha value is -0.980. The van der Waals surface area contributed by atoms with Crippen LogP contribution in [0.1, 0.15) is 45.1 Å². The Morgan fingerprint density at radius 2 is 1.95 bits per heavy atom. The van der Waals surface area contributed by atoms with Gasteiger partial charge >= 0.3 is 0 Å². The summed E-state index contributed by atoms with van der Waals surface area (Å²) in [5, 5.41) is 3.08. The SMILES string of the molecule is CCNCc1ccc(S(=O)(=O)NC2(C)CCCC2)c(F)c1. The van der Waals surface area contributed by atoms with E-state index in [4.69, 9.17) is 0 Å². The van der Waals surface area contributed by atoms with E-state index >= 15 is 0 Å². The molecule has 1 aliphatic rings. The third-order valence-corrected chi connectivity index (χ3v) is 5.62. The molecule has 0 spiro atoms. The molecule has 21 heavy (non-hydrogen) atoms. The van der Waals surface area contributed by atoms with Crippen LogP contribution in [0.3, 0.4) is 0 Å². The molecule has 118 valence electrons. The summed E-state index contributed by atoms with van der Waals surface area (Å²) in [4.78, 5) is -0.268. The predicted molar refractivity (Wildman–Crippen MR) is 81.0 cm³/mol. The number of sulfonamides is 1. The average Bonchev–Trinajstić information content (AvgIpc) is 2.81. The lowest BCUT2D eigenvalue weighted by Gasteiger charge is -2.25. The Balaban J connectivity index is 2.20. The zero-order valence-corrected chi connectivity index (χ0v) is 13.4. The van der Waals surface area contributed by atoms with Crippen molar-refractivity contribution in [3.63, 3.8) is 0 Å². The fourth-order valence-corrected chi connectivity index (χ4v) is 4.30. The van der Waals surface area contributed by atoms with Crippen LogP contribution in [0.5, 0.6) is 0 Å². The number of halogens is 1. The second-order valence-corrected chi connectivity index (χ2v) is 7.57. The fraction of sp³-hybridized carbons (Fsp3) is 0.600. The van der Waals surface area contributed by atoms with Gasteiger partial charge in [-0.05, 0) is 44.0 Å². The van der Waals surface area contributed by atoms with Crippen LogP contribution in [0.25, 0.3) is 0 Å². The van der Waals surface area contributed by atoms with E-state index in [1.165, 1.54) is 12.1 Å². The highest BCUT2D eigenvalue weighted by molar-refractivity contribution is 7.89. The monoisotopic (exact) mass is 314 g/mol. The molecule has 0 atom stereocenters. The zero-order valence-electron chi connectivity index (χ0n) is 12.6. The predicted octanol–water partition coefficient (Wildman–Crippen LogP) is 2.55. The van der Waals surface area contributed by atoms with Crippen molar-refractivity contribution in [2.24, 2.45) is 0 Å². The van der Waals surface area contributed by atoms with E-state index < -0.39 is 21.4 Å². The molecule has 0 bridgehead atoms. The van der Waals surface area contributed by atoms with Crippen molar-refractivity contribution < 1.29 is 12.8 Å². The summed E-state index contributed by atoms with van der Waals surface area (Å²) < 4.78 is 41.5. The van der Waals surface area contributed by atoms with Crippen molar-refractivity contribution in [1.29, 1.82) is 0 Å². The largest absolute Gasteiger partial charge is 0.313 e. The van der Waals surface area contributed by atoms with Crippen LogP contribution < -0.4 is 10.0 Å². The van der Waals surface area contributed by atoms with Gasteiger partial charge in [0.05, 0.1) is 0 Å². The van der Waals surface area contributed by atoms with Crippen molar-refractivity contribution in [3.05, 3.63) is 29.6 Å². The maximum absolute atomic E-state index is 14.1. The fourth-order valence-electron chi connectivity index (χ4n) is 2.78. The lowest BCUT2D eigenvalue weighted by Crippen LogP contribution is -2.43. The molecule has 0 saturated heterocycles. The minimum Gasteiger partial charge on any atom is -0.313 e. The maximum Gasteiger partial charge on any atom is 0.243 e. The second kappa shape index (κ2) is 6.42. The lowest BCUT2D eigenvalue weighted by atomic mass is 10.0. The van der Waals surface area contributed by atoms with Gasteiger partial charge in [0.2, 0.25) is 10.0 Å². The summed E-state index contributed by atoms with van der Waals surface area (Å²) in [7, 11) is -3.82. The van der Waals surface area contributed by atoms with E-state index in [9.17, 15) is 12.8 Å². The van der Waals surface area contributed by atoms with Gasteiger partial charge in [0.1, 0.15) is 10.7 Å². The van der Waals surface area contributed by atoms with Gasteiger partial charge in [0, 0.05) is 12.1 Å². The molecular formula is C15H23FN2O2S. The van der Waals surface area contributed by atoms with Gasteiger partial charge in [-0.25, -0.2) is 17.5 Å². The highest BCUT2D eigenvalue weighted by atomic mass is 32.2. The summed E-state index contributed by atoms with van der Waals surface area (Å²) in [6.45, 7) is 5.15. The highest BCUT2D eigenvalue weighted by Gasteiger charge is 2.34. The summed E-state index contributed by atoms with van der Waals surface area (Å²) in [6, 6.07) is 4.29. The topological polar surface area (TPSA) is 58.2 Å². The molecule has 2 rings (SSSR count). The molecule has 1 aromatic rings. The molecule has 1 aromatic carbocycles. The maximum atomic E-state index is 14.1. The Morgan fingerprint density at radius 1 is 1.29 bits per heavy atom. The van der Waals surface area contributed by atoms with Gasteiger partial charge in [-0.2, -0.15) is 0 Å². The Morgan fingerprint density at radius 3 is 2.52 bits per heavy atom. The first-order valence-corrected chi connectivity index (χ1v) is 8.88. The standard InChI is InChI=1S/C15H23FN2O2S/c1-3-17-11-12-6-7-14(13(16)10-12)21(19,20)18-15(2)8-4-5-9-15/h6-7,10,17-18H,3-5,8-9,11H2,1-2H3. The van der Waals surface area contributed by atoms with Crippen molar-refractivity contribution in [1.82, 2.24) is 10.0 Å². The third kappa shape index (κ3) is 4.02. The molecule has 0 radical (unpaired) electrons. The summed E-state index contributed by atoms with van der Waals surface area (Å²) in [5.74, 6) is -0.695. The van der Waals surface area contributed by atoms with E-state index in [1.54, 1.807) is 6.07 Å². The van der Waals surface area contributed by atoms with Gasteiger partial charge in [0.15, 0.2) is 0 Å². The van der Waals surface area contributed by atoms with Crippen molar-refractivity contribution in [3.8, 4) is 0 Å². The molecule has 6 heteroatoms. The van der Waals surface area contributed by atoms with E-state index in [0.717, 1.165) is 37.8 Å². The number of hydrogen-bond donors (Lipinski definition) is 2.